The van der Waals surface area contributed by atoms with Gasteiger partial charge in [0.15, 0.2) is 11.8 Å². The molecule has 200 valence electrons. The first kappa shape index (κ1) is 28.2. The molecule has 3 unspecified atom stereocenters. The Hall–Kier alpha value is -3.42. The predicted molar refractivity (Wildman–Crippen MR) is 138 cm³/mol. The van der Waals surface area contributed by atoms with Crippen LogP contribution in [0.25, 0.3) is 0 Å². The Morgan fingerprint density at radius 2 is 1.51 bits per heavy atom. The molecule has 8 nitrogen and oxygen atoms in total. The zero-order chi connectivity index (χ0) is 27.5. The van der Waals surface area contributed by atoms with E-state index in [2.05, 4.69) is 5.32 Å². The van der Waals surface area contributed by atoms with Crippen molar-refractivity contribution in [2.75, 3.05) is 0 Å². The third-order valence-corrected chi connectivity index (χ3v) is 6.07. The number of nitrogens with one attached hydrogen (secondary N) is 1. The predicted octanol–water partition coefficient (Wildman–Crippen LogP) is 4.93. The fourth-order valence-electron chi connectivity index (χ4n) is 4.52. The molecule has 0 aromatic heterocycles. The van der Waals surface area contributed by atoms with Crippen molar-refractivity contribution in [3.63, 3.8) is 0 Å². The zero-order valence-corrected chi connectivity index (χ0v) is 22.6. The summed E-state index contributed by atoms with van der Waals surface area (Å²) in [6.07, 6.45) is 2.95. The maximum Gasteiger partial charge on any atom is 0.408 e. The average Bonchev–Trinajstić information content (AvgIpc) is 3.37. The number of carbonyl (C=O) groups is 4. The number of hydrogen-bond donors (Lipinski definition) is 1. The highest BCUT2D eigenvalue weighted by atomic mass is 16.6. The van der Waals surface area contributed by atoms with Crippen LogP contribution in [0.15, 0.2) is 53.6 Å². The van der Waals surface area contributed by atoms with Crippen molar-refractivity contribution in [3.8, 4) is 0 Å². The van der Waals surface area contributed by atoms with Crippen LogP contribution in [0.4, 0.5) is 4.79 Å². The van der Waals surface area contributed by atoms with Gasteiger partial charge in [-0.3, -0.25) is 9.59 Å². The lowest BCUT2D eigenvalue weighted by Gasteiger charge is -2.29. The lowest BCUT2D eigenvalue weighted by molar-refractivity contribution is -0.165. The van der Waals surface area contributed by atoms with Gasteiger partial charge in [-0.1, -0.05) is 42.5 Å². The van der Waals surface area contributed by atoms with Crippen LogP contribution in [0, 0.1) is 11.8 Å². The van der Waals surface area contributed by atoms with Gasteiger partial charge in [-0.25, -0.2) is 9.59 Å². The molecule has 0 heterocycles. The Morgan fingerprint density at radius 3 is 2.11 bits per heavy atom. The van der Waals surface area contributed by atoms with E-state index in [0.29, 0.717) is 24.0 Å². The first-order valence-corrected chi connectivity index (χ1v) is 12.6. The van der Waals surface area contributed by atoms with Crippen LogP contribution in [0.2, 0.25) is 0 Å². The van der Waals surface area contributed by atoms with Gasteiger partial charge < -0.3 is 19.5 Å². The van der Waals surface area contributed by atoms with Crippen molar-refractivity contribution in [1.29, 1.82) is 0 Å². The Bertz CT molecular complexity index is 1110. The maximum atomic E-state index is 13.2. The highest BCUT2D eigenvalue weighted by molar-refractivity contribution is 6.10. The van der Waals surface area contributed by atoms with Crippen molar-refractivity contribution >= 4 is 23.8 Å². The highest BCUT2D eigenvalue weighted by Crippen LogP contribution is 2.45. The summed E-state index contributed by atoms with van der Waals surface area (Å²) >= 11 is 0. The highest BCUT2D eigenvalue weighted by Gasteiger charge is 2.43. The molecular formula is C29H37NO7. The first-order chi connectivity index (χ1) is 17.2. The van der Waals surface area contributed by atoms with Crippen LogP contribution in [0.5, 0.6) is 0 Å². The normalized spacial score (nSPS) is 20.6. The molecule has 0 aliphatic heterocycles. The van der Waals surface area contributed by atoms with E-state index in [4.69, 9.17) is 14.2 Å². The number of amides is 1. The average molecular weight is 512 g/mol. The number of allylic oxidation sites excluding steroid dienone is 3. The second-order valence-corrected chi connectivity index (χ2v) is 11.5. The summed E-state index contributed by atoms with van der Waals surface area (Å²) in [5, 5.41) is 2.50. The van der Waals surface area contributed by atoms with Gasteiger partial charge in [-0.05, 0) is 66.9 Å². The van der Waals surface area contributed by atoms with E-state index in [1.54, 1.807) is 59.8 Å². The third kappa shape index (κ3) is 7.31. The molecule has 1 aromatic rings. The van der Waals surface area contributed by atoms with Crippen LogP contribution in [0.3, 0.4) is 0 Å². The Morgan fingerprint density at radius 1 is 0.892 bits per heavy atom. The first-order valence-electron chi connectivity index (χ1n) is 12.6. The smallest absolute Gasteiger partial charge is 0.408 e. The number of ether oxygens (including phenoxy) is 3. The molecule has 1 N–H and O–H groups in total. The summed E-state index contributed by atoms with van der Waals surface area (Å²) in [5.41, 5.74) is 0.526. The summed E-state index contributed by atoms with van der Waals surface area (Å²) < 4.78 is 16.4. The molecule has 0 radical (unpaired) electrons. The van der Waals surface area contributed by atoms with E-state index in [1.807, 2.05) is 24.3 Å². The monoisotopic (exact) mass is 511 g/mol. The van der Waals surface area contributed by atoms with Crippen LogP contribution in [-0.2, 0) is 23.8 Å². The van der Waals surface area contributed by atoms with E-state index in [0.717, 1.165) is 5.57 Å². The van der Waals surface area contributed by atoms with Gasteiger partial charge in [0.2, 0.25) is 0 Å². The van der Waals surface area contributed by atoms with Crippen molar-refractivity contribution < 1.29 is 33.4 Å². The van der Waals surface area contributed by atoms with Crippen LogP contribution >= 0.6 is 0 Å². The number of esters is 2. The molecule has 1 amide bonds. The van der Waals surface area contributed by atoms with Gasteiger partial charge >= 0.3 is 18.0 Å². The minimum atomic E-state index is -1.26. The topological polar surface area (TPSA) is 108 Å². The summed E-state index contributed by atoms with van der Waals surface area (Å²) in [6, 6.07) is 7.78. The number of hydrogen-bond acceptors (Lipinski definition) is 7. The molecule has 0 saturated heterocycles. The van der Waals surface area contributed by atoms with E-state index < -0.39 is 47.3 Å². The number of fused-ring (bicyclic) bond motifs is 1. The van der Waals surface area contributed by atoms with Crippen molar-refractivity contribution in [1.82, 2.24) is 5.32 Å². The van der Waals surface area contributed by atoms with E-state index in [1.165, 1.54) is 6.92 Å². The van der Waals surface area contributed by atoms with Crippen LogP contribution < -0.4 is 5.32 Å². The number of ketones is 1. The minimum absolute atomic E-state index is 0.0502. The van der Waals surface area contributed by atoms with E-state index in [-0.39, 0.29) is 11.7 Å². The molecule has 3 rings (SSSR count). The Labute approximate surface area is 218 Å². The molecule has 1 saturated carbocycles. The lowest BCUT2D eigenvalue weighted by Crippen LogP contribution is -2.52. The number of rotatable bonds is 7. The van der Waals surface area contributed by atoms with E-state index in [9.17, 15) is 19.2 Å². The summed E-state index contributed by atoms with van der Waals surface area (Å²) in [7, 11) is 0. The SMILES string of the molecule is C[C@@H](OC(=O)C1CCC2C(C(=O)c3ccccc3)=CC=C12)C(NC(=O)OC(C)(C)C)C(=O)OC(C)(C)C. The summed E-state index contributed by atoms with van der Waals surface area (Å²) in [4.78, 5) is 51.5. The van der Waals surface area contributed by atoms with Crippen molar-refractivity contribution in [2.45, 2.75) is 84.7 Å². The fourth-order valence-corrected chi connectivity index (χ4v) is 4.52. The third-order valence-electron chi connectivity index (χ3n) is 6.07. The maximum absolute atomic E-state index is 13.2. The molecule has 4 atom stereocenters. The zero-order valence-electron chi connectivity index (χ0n) is 22.6. The number of benzene rings is 1. The molecule has 1 aromatic carbocycles. The molecule has 1 fully saturated rings. The molecule has 2 aliphatic carbocycles. The van der Waals surface area contributed by atoms with Gasteiger partial charge in [-0.15, -0.1) is 0 Å². The van der Waals surface area contributed by atoms with Crippen LogP contribution in [-0.4, -0.2) is 47.2 Å². The molecular weight excluding hydrogens is 474 g/mol. The second-order valence-electron chi connectivity index (χ2n) is 11.5. The molecule has 2 aliphatic rings. The number of carbonyl (C=O) groups excluding carboxylic acids is 4. The standard InChI is InChI=1S/C29H37NO7/c1-17(23(26(33)36-28(2,3)4)30-27(34)37-29(5,6)7)35-25(32)22-16-14-19-20(22)13-15-21(19)24(31)18-11-9-8-10-12-18/h8-13,15,17,19,22-23H,14,16H2,1-7H3,(H,30,34)/t17-,19?,22?,23?/m1/s1. The van der Waals surface area contributed by atoms with Crippen molar-refractivity contribution in [2.24, 2.45) is 11.8 Å². The van der Waals surface area contributed by atoms with Crippen LogP contribution in [0.1, 0.15) is 71.7 Å². The van der Waals surface area contributed by atoms with Gasteiger partial charge in [0.05, 0.1) is 5.92 Å². The molecule has 8 heteroatoms. The number of Topliss-reactive ketones (excluding diaryl/α,β-unsaturated/α-hetero) is 1. The Kier molecular flexibility index (Phi) is 8.30. The van der Waals surface area contributed by atoms with Gasteiger partial charge in [0.1, 0.15) is 17.3 Å². The van der Waals surface area contributed by atoms with Crippen molar-refractivity contribution in [3.05, 3.63) is 59.2 Å². The van der Waals surface area contributed by atoms with E-state index >= 15 is 0 Å². The molecule has 0 spiro atoms. The molecule has 0 bridgehead atoms. The molecule has 37 heavy (non-hydrogen) atoms. The fraction of sp³-hybridized carbons (Fsp3) is 0.517. The van der Waals surface area contributed by atoms with Gasteiger partial charge in [-0.2, -0.15) is 0 Å². The minimum Gasteiger partial charge on any atom is -0.459 e. The van der Waals surface area contributed by atoms with Gasteiger partial charge in [0, 0.05) is 17.1 Å². The lowest BCUT2D eigenvalue weighted by atomic mass is 9.90. The second kappa shape index (κ2) is 10.9. The summed E-state index contributed by atoms with van der Waals surface area (Å²) in [6.45, 7) is 11.8. The van der Waals surface area contributed by atoms with Gasteiger partial charge in [0.25, 0.3) is 0 Å². The largest absolute Gasteiger partial charge is 0.459 e. The summed E-state index contributed by atoms with van der Waals surface area (Å²) in [5.74, 6) is -1.97. The quantitative estimate of drug-likeness (QED) is 0.314. The Balaban J connectivity index is 1.68. The number of alkyl carbamates (subject to hydrolysis) is 1.